The lowest BCUT2D eigenvalue weighted by Gasteiger charge is -2.20. The molecule has 58 valence electrons. The quantitative estimate of drug-likeness (QED) is 0.602. The van der Waals surface area contributed by atoms with E-state index in [1.807, 2.05) is 11.8 Å². The van der Waals surface area contributed by atoms with Crippen LogP contribution in [0.1, 0.15) is 16.4 Å². The van der Waals surface area contributed by atoms with Gasteiger partial charge in [0.25, 0.3) is 0 Å². The zero-order valence-electron chi connectivity index (χ0n) is 6.16. The van der Waals surface area contributed by atoms with Gasteiger partial charge in [-0.05, 0) is 11.1 Å². The van der Waals surface area contributed by atoms with Crippen molar-refractivity contribution >= 4 is 24.4 Å². The number of fused-ring (bicyclic) bond motifs is 1. The van der Waals surface area contributed by atoms with Crippen molar-refractivity contribution in [1.82, 2.24) is 0 Å². The summed E-state index contributed by atoms with van der Waals surface area (Å²) in [6.07, 6.45) is 0. The van der Waals surface area contributed by atoms with E-state index in [2.05, 4.69) is 36.9 Å². The molecular weight excluding hydrogens is 172 g/mol. The van der Waals surface area contributed by atoms with Crippen molar-refractivity contribution in [1.29, 1.82) is 0 Å². The Morgan fingerprint density at radius 3 is 3.00 bits per heavy atom. The second-order valence-electron chi connectivity index (χ2n) is 2.73. The van der Waals surface area contributed by atoms with Crippen molar-refractivity contribution in [3.05, 3.63) is 35.4 Å². The van der Waals surface area contributed by atoms with Crippen molar-refractivity contribution in [2.24, 2.45) is 0 Å². The molecule has 0 saturated heterocycles. The van der Waals surface area contributed by atoms with Gasteiger partial charge in [0.05, 0.1) is 0 Å². The van der Waals surface area contributed by atoms with E-state index in [9.17, 15) is 0 Å². The van der Waals surface area contributed by atoms with Crippen LogP contribution in [0.2, 0.25) is 0 Å². The van der Waals surface area contributed by atoms with Gasteiger partial charge in [-0.1, -0.05) is 24.3 Å². The predicted molar refractivity (Wildman–Crippen MR) is 54.3 cm³/mol. The van der Waals surface area contributed by atoms with Crippen LogP contribution in [0, 0.1) is 0 Å². The molecular formula is C9H10S2. The van der Waals surface area contributed by atoms with Crippen LogP contribution < -0.4 is 0 Å². The smallest absolute Gasteiger partial charge is 0.0360 e. The van der Waals surface area contributed by atoms with E-state index in [4.69, 9.17) is 0 Å². The summed E-state index contributed by atoms with van der Waals surface area (Å²) in [7, 11) is 0. The number of hydrogen-bond acceptors (Lipinski definition) is 2. The van der Waals surface area contributed by atoms with Gasteiger partial charge in [0.2, 0.25) is 0 Å². The van der Waals surface area contributed by atoms with Gasteiger partial charge in [0, 0.05) is 16.8 Å². The van der Waals surface area contributed by atoms with Gasteiger partial charge in [-0.3, -0.25) is 0 Å². The van der Waals surface area contributed by atoms with E-state index in [1.165, 1.54) is 11.1 Å². The monoisotopic (exact) mass is 182 g/mol. The zero-order valence-corrected chi connectivity index (χ0v) is 7.87. The summed E-state index contributed by atoms with van der Waals surface area (Å²) in [5.41, 5.74) is 2.89. The molecule has 1 heterocycles. The van der Waals surface area contributed by atoms with E-state index in [1.54, 1.807) is 0 Å². The molecule has 0 amide bonds. The van der Waals surface area contributed by atoms with Crippen LogP contribution in [-0.4, -0.2) is 5.75 Å². The third-order valence-electron chi connectivity index (χ3n) is 1.95. The van der Waals surface area contributed by atoms with E-state index in [-0.39, 0.29) is 0 Å². The van der Waals surface area contributed by atoms with E-state index in [0.29, 0.717) is 5.25 Å². The van der Waals surface area contributed by atoms with Crippen molar-refractivity contribution < 1.29 is 0 Å². The van der Waals surface area contributed by atoms with Crippen LogP contribution in [0.5, 0.6) is 0 Å². The number of rotatable bonds is 0. The number of hydrogen-bond donors (Lipinski definition) is 1. The maximum atomic E-state index is 4.52. The Balaban J connectivity index is 2.44. The average Bonchev–Trinajstić information content (AvgIpc) is 2.06. The second-order valence-corrected chi connectivity index (χ2v) is 4.38. The highest BCUT2D eigenvalue weighted by Gasteiger charge is 2.15. The lowest BCUT2D eigenvalue weighted by atomic mass is 10.1. The normalized spacial score (nSPS) is 22.8. The predicted octanol–water partition coefficient (Wildman–Crippen LogP) is 2.90. The highest BCUT2D eigenvalue weighted by atomic mass is 32.2. The SMILES string of the molecule is SC1CSCc2ccccc21. The van der Waals surface area contributed by atoms with Gasteiger partial charge >= 0.3 is 0 Å². The molecule has 1 aromatic rings. The fourth-order valence-corrected chi connectivity index (χ4v) is 2.93. The summed E-state index contributed by atoms with van der Waals surface area (Å²) in [6.45, 7) is 0. The lowest BCUT2D eigenvalue weighted by molar-refractivity contribution is 1.06. The minimum atomic E-state index is 0.449. The summed E-state index contributed by atoms with van der Waals surface area (Å²) in [4.78, 5) is 0. The molecule has 0 spiro atoms. The molecule has 1 aliphatic rings. The van der Waals surface area contributed by atoms with Crippen molar-refractivity contribution in [3.8, 4) is 0 Å². The Morgan fingerprint density at radius 1 is 1.36 bits per heavy atom. The number of benzene rings is 1. The number of thioether (sulfide) groups is 1. The first-order valence-electron chi connectivity index (χ1n) is 3.71. The zero-order chi connectivity index (χ0) is 7.68. The van der Waals surface area contributed by atoms with Gasteiger partial charge in [0.15, 0.2) is 0 Å². The van der Waals surface area contributed by atoms with Crippen molar-refractivity contribution in [2.75, 3.05) is 5.75 Å². The Labute approximate surface area is 76.8 Å². The second kappa shape index (κ2) is 3.11. The third-order valence-corrected chi connectivity index (χ3v) is 3.74. The van der Waals surface area contributed by atoms with Crippen LogP contribution in [-0.2, 0) is 5.75 Å². The Hall–Kier alpha value is -0.0800. The Morgan fingerprint density at radius 2 is 2.18 bits per heavy atom. The summed E-state index contributed by atoms with van der Waals surface area (Å²) >= 11 is 6.49. The van der Waals surface area contributed by atoms with Gasteiger partial charge in [-0.15, -0.1) is 0 Å². The van der Waals surface area contributed by atoms with Crippen LogP contribution in [0.15, 0.2) is 24.3 Å². The average molecular weight is 182 g/mol. The molecule has 2 rings (SSSR count). The van der Waals surface area contributed by atoms with Gasteiger partial charge in [-0.2, -0.15) is 24.4 Å². The highest BCUT2D eigenvalue weighted by Crippen LogP contribution is 2.34. The molecule has 0 aromatic heterocycles. The maximum absolute atomic E-state index is 4.52. The first-order valence-corrected chi connectivity index (χ1v) is 5.38. The fraction of sp³-hybridized carbons (Fsp3) is 0.333. The molecule has 0 aliphatic carbocycles. The summed E-state index contributed by atoms with van der Waals surface area (Å²) in [5.74, 6) is 2.31. The third kappa shape index (κ3) is 1.42. The number of thiol groups is 1. The van der Waals surface area contributed by atoms with Gasteiger partial charge in [0.1, 0.15) is 0 Å². The largest absolute Gasteiger partial charge is 0.170 e. The molecule has 0 nitrogen and oxygen atoms in total. The Kier molecular flexibility index (Phi) is 2.14. The molecule has 0 saturated carbocycles. The maximum Gasteiger partial charge on any atom is 0.0360 e. The van der Waals surface area contributed by atoms with E-state index >= 15 is 0 Å². The minimum absolute atomic E-state index is 0.449. The van der Waals surface area contributed by atoms with Crippen LogP contribution >= 0.6 is 24.4 Å². The molecule has 0 radical (unpaired) electrons. The first-order chi connectivity index (χ1) is 5.38. The summed E-state index contributed by atoms with van der Waals surface area (Å²) in [5, 5.41) is 0.449. The van der Waals surface area contributed by atoms with Crippen LogP contribution in [0.25, 0.3) is 0 Å². The molecule has 1 unspecified atom stereocenters. The van der Waals surface area contributed by atoms with Crippen molar-refractivity contribution in [3.63, 3.8) is 0 Å². The molecule has 0 N–H and O–H groups in total. The fourth-order valence-electron chi connectivity index (χ4n) is 1.36. The van der Waals surface area contributed by atoms with E-state index < -0.39 is 0 Å². The molecule has 2 heteroatoms. The minimum Gasteiger partial charge on any atom is -0.170 e. The highest BCUT2D eigenvalue weighted by molar-refractivity contribution is 7.99. The lowest BCUT2D eigenvalue weighted by Crippen LogP contribution is -2.04. The molecule has 11 heavy (non-hydrogen) atoms. The first kappa shape index (κ1) is 7.56. The van der Waals surface area contributed by atoms with Crippen LogP contribution in [0.3, 0.4) is 0 Å². The topological polar surface area (TPSA) is 0 Å². The molecule has 0 bridgehead atoms. The molecule has 0 fully saturated rings. The van der Waals surface area contributed by atoms with Gasteiger partial charge in [-0.25, -0.2) is 0 Å². The summed E-state index contributed by atoms with van der Waals surface area (Å²) in [6, 6.07) is 8.58. The molecule has 1 atom stereocenters. The Bertz CT molecular complexity index is 257. The van der Waals surface area contributed by atoms with Gasteiger partial charge < -0.3 is 0 Å². The standard InChI is InChI=1S/C9H10S2/c10-9-6-11-5-7-3-1-2-4-8(7)9/h1-4,9-10H,5-6H2. The van der Waals surface area contributed by atoms with E-state index in [0.717, 1.165) is 11.5 Å². The molecule has 1 aromatic carbocycles. The van der Waals surface area contributed by atoms with Crippen LogP contribution in [0.4, 0.5) is 0 Å². The van der Waals surface area contributed by atoms with Crippen molar-refractivity contribution in [2.45, 2.75) is 11.0 Å². The molecule has 1 aliphatic heterocycles. The summed E-state index contributed by atoms with van der Waals surface area (Å²) < 4.78 is 0.